The summed E-state index contributed by atoms with van der Waals surface area (Å²) in [6.07, 6.45) is 2.76. The second-order valence-corrected chi connectivity index (χ2v) is 7.16. The largest absolute Gasteiger partial charge is 0.493 e. The van der Waals surface area contributed by atoms with Crippen LogP contribution in [0.1, 0.15) is 43.0 Å². The minimum Gasteiger partial charge on any atom is -0.493 e. The highest BCUT2D eigenvalue weighted by Crippen LogP contribution is 2.31. The quantitative estimate of drug-likeness (QED) is 0.610. The third kappa shape index (κ3) is 5.49. The van der Waals surface area contributed by atoms with Gasteiger partial charge in [-0.15, -0.1) is 0 Å². The van der Waals surface area contributed by atoms with Crippen molar-refractivity contribution >= 4 is 23.2 Å². The Morgan fingerprint density at radius 2 is 1.87 bits per heavy atom. The molecule has 7 heteroatoms. The number of rotatable bonds is 9. The predicted octanol–water partition coefficient (Wildman–Crippen LogP) is 3.97. The van der Waals surface area contributed by atoms with Crippen LogP contribution in [0.3, 0.4) is 0 Å². The van der Waals surface area contributed by atoms with E-state index in [1.54, 1.807) is 24.3 Å². The van der Waals surface area contributed by atoms with E-state index in [1.807, 2.05) is 19.1 Å². The highest BCUT2D eigenvalue weighted by molar-refractivity contribution is 5.97. The van der Waals surface area contributed by atoms with Crippen molar-refractivity contribution in [3.8, 4) is 5.75 Å². The van der Waals surface area contributed by atoms with Gasteiger partial charge in [0, 0.05) is 26.1 Å². The maximum absolute atomic E-state index is 14.3. The Labute approximate surface area is 176 Å². The number of hydrogen-bond acceptors (Lipinski definition) is 4. The smallest absolute Gasteiger partial charge is 0.255 e. The van der Waals surface area contributed by atoms with Gasteiger partial charge in [-0.1, -0.05) is 18.2 Å². The molecule has 2 amide bonds. The topological polar surface area (TPSA) is 70.7 Å². The summed E-state index contributed by atoms with van der Waals surface area (Å²) in [5.41, 5.74) is 1.42. The number of carbonyl (C=O) groups excluding carboxylic acids is 2. The van der Waals surface area contributed by atoms with Crippen molar-refractivity contribution in [3.05, 3.63) is 53.8 Å². The van der Waals surface area contributed by atoms with E-state index in [2.05, 4.69) is 15.5 Å². The number of hydrogen-bond donors (Lipinski definition) is 2. The first kappa shape index (κ1) is 21.6. The number of ether oxygens (including phenoxy) is 1. The molecule has 2 aromatic carbocycles. The summed E-state index contributed by atoms with van der Waals surface area (Å²) < 4.78 is 19.8. The monoisotopic (exact) mass is 413 g/mol. The number of amides is 2. The first-order valence-corrected chi connectivity index (χ1v) is 10.4. The Kier molecular flexibility index (Phi) is 7.65. The van der Waals surface area contributed by atoms with Gasteiger partial charge in [0.25, 0.3) is 5.91 Å². The van der Waals surface area contributed by atoms with Crippen LogP contribution < -0.4 is 20.3 Å². The molecule has 6 nitrogen and oxygen atoms in total. The molecule has 3 rings (SSSR count). The lowest BCUT2D eigenvalue weighted by atomic mass is 10.2. The molecule has 1 saturated heterocycles. The predicted molar refractivity (Wildman–Crippen MR) is 116 cm³/mol. The Bertz CT molecular complexity index is 882. The zero-order valence-electron chi connectivity index (χ0n) is 17.2. The molecule has 1 aliphatic heterocycles. The standard InChI is InChI=1S/C23H28FN3O3/c1-2-30-20-12-4-3-9-17(20)23(29)25-14-8-13-21(28)26-22-18(24)10-7-11-19(22)27-15-5-6-16-27/h3-4,7,9-12H,2,5-6,8,13-16H2,1H3,(H,25,29)(H,26,28). The molecule has 0 spiro atoms. The van der Waals surface area contributed by atoms with Crippen LogP contribution in [-0.4, -0.2) is 38.1 Å². The molecule has 160 valence electrons. The molecule has 1 fully saturated rings. The van der Waals surface area contributed by atoms with Gasteiger partial charge in [0.1, 0.15) is 17.3 Å². The molecule has 2 N–H and O–H groups in total. The number of carbonyl (C=O) groups is 2. The van der Waals surface area contributed by atoms with E-state index in [4.69, 9.17) is 4.74 Å². The third-order valence-corrected chi connectivity index (χ3v) is 5.00. The minimum absolute atomic E-state index is 0.182. The molecule has 0 bridgehead atoms. The van der Waals surface area contributed by atoms with E-state index < -0.39 is 5.82 Å². The summed E-state index contributed by atoms with van der Waals surface area (Å²) in [4.78, 5) is 26.8. The molecule has 0 aromatic heterocycles. The van der Waals surface area contributed by atoms with E-state index in [9.17, 15) is 14.0 Å². The van der Waals surface area contributed by atoms with Crippen LogP contribution in [0.15, 0.2) is 42.5 Å². The van der Waals surface area contributed by atoms with E-state index >= 15 is 0 Å². The number of nitrogens with one attached hydrogen (secondary N) is 2. The fourth-order valence-corrected chi connectivity index (χ4v) is 3.54. The van der Waals surface area contributed by atoms with Gasteiger partial charge < -0.3 is 20.3 Å². The van der Waals surface area contributed by atoms with Gasteiger partial charge in [-0.05, 0) is 50.5 Å². The van der Waals surface area contributed by atoms with Crippen molar-refractivity contribution in [3.63, 3.8) is 0 Å². The van der Waals surface area contributed by atoms with Crippen molar-refractivity contribution in [2.75, 3.05) is 36.5 Å². The van der Waals surface area contributed by atoms with Gasteiger partial charge in [-0.3, -0.25) is 9.59 Å². The fraction of sp³-hybridized carbons (Fsp3) is 0.391. The van der Waals surface area contributed by atoms with Crippen molar-refractivity contribution in [1.82, 2.24) is 5.32 Å². The van der Waals surface area contributed by atoms with E-state index in [-0.39, 0.29) is 23.9 Å². The van der Waals surface area contributed by atoms with Gasteiger partial charge in [0.15, 0.2) is 0 Å². The zero-order valence-corrected chi connectivity index (χ0v) is 17.2. The Hall–Kier alpha value is -3.09. The molecule has 0 unspecified atom stereocenters. The molecular weight excluding hydrogens is 385 g/mol. The lowest BCUT2D eigenvalue weighted by Gasteiger charge is -2.22. The fourth-order valence-electron chi connectivity index (χ4n) is 3.54. The SMILES string of the molecule is CCOc1ccccc1C(=O)NCCCC(=O)Nc1c(F)cccc1N1CCCC1. The Morgan fingerprint density at radius 3 is 2.63 bits per heavy atom. The molecule has 30 heavy (non-hydrogen) atoms. The number of anilines is 2. The maximum Gasteiger partial charge on any atom is 0.255 e. The second kappa shape index (κ2) is 10.6. The Balaban J connectivity index is 1.50. The highest BCUT2D eigenvalue weighted by Gasteiger charge is 2.19. The number of benzene rings is 2. The molecule has 1 aliphatic rings. The zero-order chi connectivity index (χ0) is 21.3. The van der Waals surface area contributed by atoms with Crippen LogP contribution in [0.25, 0.3) is 0 Å². The van der Waals surface area contributed by atoms with E-state index in [0.717, 1.165) is 31.6 Å². The van der Waals surface area contributed by atoms with Crippen LogP contribution in [0, 0.1) is 5.82 Å². The highest BCUT2D eigenvalue weighted by atomic mass is 19.1. The lowest BCUT2D eigenvalue weighted by molar-refractivity contribution is -0.116. The number of nitrogens with zero attached hydrogens (tertiary/aromatic N) is 1. The minimum atomic E-state index is -0.436. The first-order chi connectivity index (χ1) is 14.6. The molecule has 0 radical (unpaired) electrons. The van der Waals surface area contributed by atoms with Gasteiger partial charge in [0.2, 0.25) is 5.91 Å². The number of halogens is 1. The first-order valence-electron chi connectivity index (χ1n) is 10.4. The van der Waals surface area contributed by atoms with Crippen molar-refractivity contribution in [2.24, 2.45) is 0 Å². The van der Waals surface area contributed by atoms with Crippen LogP contribution in [-0.2, 0) is 4.79 Å². The summed E-state index contributed by atoms with van der Waals surface area (Å²) in [7, 11) is 0. The lowest BCUT2D eigenvalue weighted by Crippen LogP contribution is -2.26. The van der Waals surface area contributed by atoms with Gasteiger partial charge in [0.05, 0.1) is 17.9 Å². The molecule has 2 aromatic rings. The van der Waals surface area contributed by atoms with Crippen LogP contribution in [0.2, 0.25) is 0 Å². The van der Waals surface area contributed by atoms with E-state index in [0.29, 0.717) is 30.9 Å². The van der Waals surface area contributed by atoms with Gasteiger partial charge >= 0.3 is 0 Å². The van der Waals surface area contributed by atoms with Crippen LogP contribution >= 0.6 is 0 Å². The summed E-state index contributed by atoms with van der Waals surface area (Å²) in [5.74, 6) is -0.424. The maximum atomic E-state index is 14.3. The summed E-state index contributed by atoms with van der Waals surface area (Å²) in [6.45, 7) is 4.39. The molecule has 0 atom stereocenters. The second-order valence-electron chi connectivity index (χ2n) is 7.16. The van der Waals surface area contributed by atoms with Gasteiger partial charge in [-0.25, -0.2) is 4.39 Å². The summed E-state index contributed by atoms with van der Waals surface area (Å²) in [6, 6.07) is 11.9. The third-order valence-electron chi connectivity index (χ3n) is 5.00. The van der Waals surface area contributed by atoms with Crippen LogP contribution in [0.5, 0.6) is 5.75 Å². The number of para-hydroxylation sites is 2. The molecule has 1 heterocycles. The van der Waals surface area contributed by atoms with Crippen molar-refractivity contribution in [2.45, 2.75) is 32.6 Å². The van der Waals surface area contributed by atoms with Crippen molar-refractivity contribution < 1.29 is 18.7 Å². The molecule has 0 aliphatic carbocycles. The van der Waals surface area contributed by atoms with E-state index in [1.165, 1.54) is 6.07 Å². The average molecular weight is 413 g/mol. The van der Waals surface area contributed by atoms with Crippen molar-refractivity contribution in [1.29, 1.82) is 0 Å². The van der Waals surface area contributed by atoms with Gasteiger partial charge in [-0.2, -0.15) is 0 Å². The normalized spacial score (nSPS) is 13.2. The average Bonchev–Trinajstić information content (AvgIpc) is 3.28. The Morgan fingerprint density at radius 1 is 1.10 bits per heavy atom. The molecular formula is C23H28FN3O3. The van der Waals surface area contributed by atoms with Crippen LogP contribution in [0.4, 0.5) is 15.8 Å². The molecule has 0 saturated carbocycles. The summed E-state index contributed by atoms with van der Waals surface area (Å²) >= 11 is 0. The summed E-state index contributed by atoms with van der Waals surface area (Å²) in [5, 5.41) is 5.52.